The Bertz CT molecular complexity index is 1350. The number of hydrogen-bond acceptors (Lipinski definition) is 7. The van der Waals surface area contributed by atoms with Crippen LogP contribution in [0.4, 0.5) is 14.9 Å². The van der Waals surface area contributed by atoms with Gasteiger partial charge in [0.1, 0.15) is 11.9 Å². The van der Waals surface area contributed by atoms with Gasteiger partial charge in [-0.15, -0.1) is 0 Å². The molecular weight excluding hydrogens is 431 g/mol. The number of H-pyrrole nitrogens is 1. The molecule has 166 valence electrons. The van der Waals surface area contributed by atoms with Gasteiger partial charge in [-0.25, -0.2) is 14.2 Å². The van der Waals surface area contributed by atoms with Crippen molar-refractivity contribution in [2.75, 3.05) is 12.1 Å². The van der Waals surface area contributed by atoms with Crippen LogP contribution in [-0.4, -0.2) is 37.8 Å². The zero-order valence-corrected chi connectivity index (χ0v) is 17.1. The van der Waals surface area contributed by atoms with E-state index in [1.54, 1.807) is 29.4 Å². The Labute approximate surface area is 186 Å². The van der Waals surface area contributed by atoms with E-state index in [0.29, 0.717) is 35.0 Å². The molecule has 1 unspecified atom stereocenters. The van der Waals surface area contributed by atoms with Crippen LogP contribution in [0.2, 0.25) is 0 Å². The summed E-state index contributed by atoms with van der Waals surface area (Å²) in [6, 6.07) is 10.1. The van der Waals surface area contributed by atoms with Crippen LogP contribution in [-0.2, 0) is 13.0 Å². The molecule has 2 amide bonds. The molecule has 0 spiro atoms. The number of hydrogen-bond donors (Lipinski definition) is 2. The molecule has 6 rings (SSSR count). The van der Waals surface area contributed by atoms with Crippen molar-refractivity contribution in [2.24, 2.45) is 0 Å². The van der Waals surface area contributed by atoms with E-state index in [9.17, 15) is 9.18 Å². The van der Waals surface area contributed by atoms with Crippen LogP contribution < -0.4 is 14.8 Å². The van der Waals surface area contributed by atoms with Crippen molar-refractivity contribution in [3.8, 4) is 22.9 Å². The fraction of sp³-hybridized carbons (Fsp3) is 0.182. The fourth-order valence-electron chi connectivity index (χ4n) is 3.95. The van der Waals surface area contributed by atoms with Crippen LogP contribution in [0.15, 0.2) is 53.3 Å². The third kappa shape index (κ3) is 3.53. The minimum absolute atomic E-state index is 0.166. The van der Waals surface area contributed by atoms with Crippen LogP contribution >= 0.6 is 0 Å². The summed E-state index contributed by atoms with van der Waals surface area (Å²) in [7, 11) is 0. The molecule has 0 saturated carbocycles. The Morgan fingerprint density at radius 3 is 3.00 bits per heavy atom. The largest absolute Gasteiger partial charge is 0.454 e. The highest BCUT2D eigenvalue weighted by molar-refractivity contribution is 5.89. The van der Waals surface area contributed by atoms with Gasteiger partial charge in [0, 0.05) is 17.7 Å². The molecule has 2 aromatic carbocycles. The number of carbonyl (C=O) groups is 1. The number of halogens is 1. The van der Waals surface area contributed by atoms with Crippen molar-refractivity contribution in [3.63, 3.8) is 0 Å². The van der Waals surface area contributed by atoms with Crippen LogP contribution in [0.1, 0.15) is 23.3 Å². The molecule has 2 aliphatic heterocycles. The minimum Gasteiger partial charge on any atom is -0.454 e. The van der Waals surface area contributed by atoms with Crippen molar-refractivity contribution >= 4 is 11.7 Å². The van der Waals surface area contributed by atoms with Crippen molar-refractivity contribution in [2.45, 2.75) is 19.0 Å². The smallest absolute Gasteiger partial charge is 0.322 e. The summed E-state index contributed by atoms with van der Waals surface area (Å²) in [4.78, 5) is 26.6. The Kier molecular flexibility index (Phi) is 4.45. The first-order chi connectivity index (χ1) is 16.1. The Morgan fingerprint density at radius 1 is 1.18 bits per heavy atom. The fourth-order valence-corrected chi connectivity index (χ4v) is 3.95. The zero-order valence-electron chi connectivity index (χ0n) is 17.1. The first kappa shape index (κ1) is 19.3. The van der Waals surface area contributed by atoms with Gasteiger partial charge in [-0.05, 0) is 36.4 Å². The monoisotopic (exact) mass is 448 g/mol. The van der Waals surface area contributed by atoms with E-state index in [1.807, 2.05) is 6.07 Å². The summed E-state index contributed by atoms with van der Waals surface area (Å²) >= 11 is 0. The average Bonchev–Trinajstić information content (AvgIpc) is 3.57. The molecule has 1 atom stereocenters. The number of ether oxygens (including phenoxy) is 2. The predicted octanol–water partition coefficient (Wildman–Crippen LogP) is 3.66. The number of nitrogens with zero attached hydrogens (tertiary/aromatic N) is 4. The van der Waals surface area contributed by atoms with Crippen molar-refractivity contribution in [3.05, 3.63) is 71.9 Å². The van der Waals surface area contributed by atoms with Gasteiger partial charge < -0.3 is 29.2 Å². The molecule has 10 nitrogen and oxygen atoms in total. The molecule has 11 heteroatoms. The molecule has 0 radical (unpaired) electrons. The second kappa shape index (κ2) is 7.62. The van der Waals surface area contributed by atoms with Crippen molar-refractivity contribution in [1.29, 1.82) is 0 Å². The lowest BCUT2D eigenvalue weighted by molar-refractivity contribution is 0.155. The molecule has 2 N–H and O–H groups in total. The Morgan fingerprint density at radius 2 is 2.09 bits per heavy atom. The number of urea groups is 1. The highest BCUT2D eigenvalue weighted by atomic mass is 19.1. The summed E-state index contributed by atoms with van der Waals surface area (Å²) in [5.41, 5.74) is 2.68. The van der Waals surface area contributed by atoms with Gasteiger partial charge in [0.15, 0.2) is 11.5 Å². The van der Waals surface area contributed by atoms with Gasteiger partial charge in [0.2, 0.25) is 18.5 Å². The SMILES string of the molecule is O=C(Nc1cccc(F)c1)N1Cc2[nH]cnc2CC1c1nc(-c2ccc3c(c2)OCO3)no1. The Balaban J connectivity index is 1.30. The minimum atomic E-state index is -0.551. The topological polar surface area (TPSA) is 118 Å². The number of amides is 2. The van der Waals surface area contributed by atoms with E-state index in [4.69, 9.17) is 14.0 Å². The number of imidazole rings is 1. The maximum Gasteiger partial charge on any atom is 0.322 e. The zero-order chi connectivity index (χ0) is 22.4. The highest BCUT2D eigenvalue weighted by Gasteiger charge is 2.36. The summed E-state index contributed by atoms with van der Waals surface area (Å²) in [6.45, 7) is 0.419. The van der Waals surface area contributed by atoms with E-state index < -0.39 is 17.9 Å². The first-order valence-corrected chi connectivity index (χ1v) is 10.2. The van der Waals surface area contributed by atoms with Crippen LogP contribution in [0.5, 0.6) is 11.5 Å². The molecule has 4 aromatic rings. The molecule has 0 bridgehead atoms. The standard InChI is InChI=1S/C22H17FN6O4/c23-13-2-1-3-14(7-13)26-22(30)29-9-16-15(24-10-25-16)8-17(29)21-27-20(28-33-21)12-4-5-18-19(6-12)32-11-31-18/h1-7,10,17H,8-9,11H2,(H,24,25)(H,26,30). The summed E-state index contributed by atoms with van der Waals surface area (Å²) in [6.07, 6.45) is 1.97. The molecule has 2 aliphatic rings. The lowest BCUT2D eigenvalue weighted by Gasteiger charge is -2.32. The van der Waals surface area contributed by atoms with Gasteiger partial charge in [-0.1, -0.05) is 11.2 Å². The number of anilines is 1. The van der Waals surface area contributed by atoms with Gasteiger partial charge in [-0.2, -0.15) is 4.98 Å². The third-order valence-electron chi connectivity index (χ3n) is 5.59. The summed E-state index contributed by atoms with van der Waals surface area (Å²) < 4.78 is 29.9. The molecule has 2 aromatic heterocycles. The second-order valence-corrected chi connectivity index (χ2v) is 7.64. The predicted molar refractivity (Wildman–Crippen MR) is 112 cm³/mol. The maximum absolute atomic E-state index is 13.6. The molecule has 33 heavy (non-hydrogen) atoms. The number of carbonyl (C=O) groups excluding carboxylic acids is 1. The summed E-state index contributed by atoms with van der Waals surface area (Å²) in [5.74, 6) is 1.45. The van der Waals surface area contributed by atoms with Gasteiger partial charge in [-0.3, -0.25) is 0 Å². The van der Waals surface area contributed by atoms with Crippen molar-refractivity contribution in [1.82, 2.24) is 25.0 Å². The number of fused-ring (bicyclic) bond motifs is 2. The molecule has 0 fully saturated rings. The van der Waals surface area contributed by atoms with Gasteiger partial charge >= 0.3 is 6.03 Å². The lowest BCUT2D eigenvalue weighted by atomic mass is 10.0. The van der Waals surface area contributed by atoms with E-state index in [2.05, 4.69) is 25.4 Å². The number of aromatic amines is 1. The number of aromatic nitrogens is 4. The summed E-state index contributed by atoms with van der Waals surface area (Å²) in [5, 5.41) is 6.84. The van der Waals surface area contributed by atoms with Crippen LogP contribution in [0.3, 0.4) is 0 Å². The van der Waals surface area contributed by atoms with Crippen molar-refractivity contribution < 1.29 is 23.2 Å². The van der Waals surface area contributed by atoms with Gasteiger partial charge in [0.25, 0.3) is 0 Å². The number of benzene rings is 2. The number of nitrogens with one attached hydrogen (secondary N) is 2. The maximum atomic E-state index is 13.6. The molecular formula is C22H17FN6O4. The van der Waals surface area contributed by atoms with E-state index in [0.717, 1.165) is 11.4 Å². The first-order valence-electron chi connectivity index (χ1n) is 10.2. The van der Waals surface area contributed by atoms with Crippen LogP contribution in [0, 0.1) is 5.82 Å². The molecule has 0 saturated heterocycles. The second-order valence-electron chi connectivity index (χ2n) is 7.64. The lowest BCUT2D eigenvalue weighted by Crippen LogP contribution is -2.41. The molecule has 4 heterocycles. The Hall–Kier alpha value is -4.41. The average molecular weight is 448 g/mol. The van der Waals surface area contributed by atoms with E-state index in [-0.39, 0.29) is 19.2 Å². The third-order valence-corrected chi connectivity index (χ3v) is 5.59. The van der Waals surface area contributed by atoms with E-state index in [1.165, 1.54) is 18.2 Å². The van der Waals surface area contributed by atoms with Gasteiger partial charge in [0.05, 0.1) is 24.3 Å². The normalized spacial score (nSPS) is 16.5. The quantitative estimate of drug-likeness (QED) is 0.491. The van der Waals surface area contributed by atoms with Crippen LogP contribution in [0.25, 0.3) is 11.4 Å². The molecule has 0 aliphatic carbocycles. The highest BCUT2D eigenvalue weighted by Crippen LogP contribution is 2.36. The number of rotatable bonds is 3. The van der Waals surface area contributed by atoms with E-state index >= 15 is 0 Å².